The van der Waals surface area contributed by atoms with Crippen LogP contribution < -0.4 is 9.97 Å². The van der Waals surface area contributed by atoms with Gasteiger partial charge in [-0.3, -0.25) is 4.79 Å². The number of hydrogen-bond acceptors (Lipinski definition) is 8. The molecule has 0 aromatic heterocycles. The van der Waals surface area contributed by atoms with E-state index in [2.05, 4.69) is 5.32 Å². The van der Waals surface area contributed by atoms with E-state index in [1.165, 1.54) is 19.1 Å². The van der Waals surface area contributed by atoms with Crippen LogP contribution in [0.15, 0.2) is 18.2 Å². The summed E-state index contributed by atoms with van der Waals surface area (Å²) in [6.07, 6.45) is -8.82. The van der Waals surface area contributed by atoms with Crippen molar-refractivity contribution in [2.45, 2.75) is 71.0 Å². The number of halogens is 3. The zero-order valence-corrected chi connectivity index (χ0v) is 18.3. The first kappa shape index (κ1) is 26.3. The number of hydrogen-bond donors (Lipinski definition) is 2. The molecule has 1 aliphatic heterocycles. The number of benzene rings is 1. The highest BCUT2D eigenvalue weighted by molar-refractivity contribution is 6.47. The fourth-order valence-corrected chi connectivity index (χ4v) is 3.03. The lowest BCUT2D eigenvalue weighted by atomic mass is 9.72. The van der Waals surface area contributed by atoms with Crippen molar-refractivity contribution in [3.8, 4) is 5.75 Å². The molecule has 1 heterocycles. The maximum atomic E-state index is 12.5. The van der Waals surface area contributed by atoms with E-state index in [1.807, 2.05) is 0 Å². The molecule has 0 radical (unpaired) electrons. The fourth-order valence-electron chi connectivity index (χ4n) is 3.03. The van der Waals surface area contributed by atoms with Crippen molar-refractivity contribution in [2.24, 2.45) is 0 Å². The van der Waals surface area contributed by atoms with E-state index >= 15 is 0 Å². The van der Waals surface area contributed by atoms with Gasteiger partial charge < -0.3 is 29.2 Å². The second-order valence-electron chi connectivity index (χ2n) is 7.66. The van der Waals surface area contributed by atoms with Gasteiger partial charge in [-0.2, -0.15) is 13.2 Å². The van der Waals surface area contributed by atoms with Crippen molar-refractivity contribution in [2.75, 3.05) is 0 Å². The smallest absolute Gasteiger partial charge is 0.534 e. The Balaban J connectivity index is 1.99. The van der Waals surface area contributed by atoms with Crippen LogP contribution in [0.1, 0.15) is 56.0 Å². The molecule has 0 saturated carbocycles. The van der Waals surface area contributed by atoms with E-state index in [0.29, 0.717) is 5.56 Å². The average Bonchev–Trinajstić information content (AvgIpc) is 2.66. The van der Waals surface area contributed by atoms with E-state index in [9.17, 15) is 32.6 Å². The predicted molar refractivity (Wildman–Crippen MR) is 108 cm³/mol. The summed E-state index contributed by atoms with van der Waals surface area (Å²) in [7, 11) is -1.55. The van der Waals surface area contributed by atoms with Crippen molar-refractivity contribution in [3.05, 3.63) is 29.3 Å². The molecule has 33 heavy (non-hydrogen) atoms. The molecule has 0 bridgehead atoms. The molecule has 0 saturated heterocycles. The van der Waals surface area contributed by atoms with E-state index < -0.39 is 56.1 Å². The third-order valence-electron chi connectivity index (χ3n) is 4.42. The molecule has 0 aliphatic carbocycles. The van der Waals surface area contributed by atoms with E-state index in [4.69, 9.17) is 18.9 Å². The average molecular weight is 475 g/mol. The van der Waals surface area contributed by atoms with Crippen molar-refractivity contribution >= 4 is 25.2 Å². The first-order valence-corrected chi connectivity index (χ1v) is 10.3. The Morgan fingerprint density at radius 2 is 1.91 bits per heavy atom. The highest BCUT2D eigenvalue weighted by atomic mass is 19.4. The summed E-state index contributed by atoms with van der Waals surface area (Å²) in [5, 5.41) is 12.7. The van der Waals surface area contributed by atoms with Crippen LogP contribution in [0.25, 0.3) is 0 Å². The second kappa shape index (κ2) is 11.3. The minimum atomic E-state index is -4.35. The molecule has 182 valence electrons. The minimum absolute atomic E-state index is 0.0227. The van der Waals surface area contributed by atoms with Crippen molar-refractivity contribution in [1.82, 2.24) is 5.32 Å². The van der Waals surface area contributed by atoms with Gasteiger partial charge in [0.1, 0.15) is 11.3 Å². The van der Waals surface area contributed by atoms with Crippen LogP contribution in [0.2, 0.25) is 0 Å². The number of fused-ring (bicyclic) bond motifs is 1. The molecule has 1 amide bonds. The van der Waals surface area contributed by atoms with Crippen LogP contribution in [0.3, 0.4) is 0 Å². The van der Waals surface area contributed by atoms with Crippen LogP contribution in [0.4, 0.5) is 18.0 Å². The molecule has 2 unspecified atom stereocenters. The summed E-state index contributed by atoms with van der Waals surface area (Å²) in [5.41, 5.74) is 0.414. The minimum Gasteiger partial charge on any atom is -0.534 e. The molecular formula is C20H25BF3NO8. The Hall–Kier alpha value is -2.96. The molecule has 2 atom stereocenters. The molecular weight excluding hydrogens is 450 g/mol. The zero-order valence-electron chi connectivity index (χ0n) is 18.3. The summed E-state index contributed by atoms with van der Waals surface area (Å²) in [5.74, 6) is -2.45. The van der Waals surface area contributed by atoms with Gasteiger partial charge >= 0.3 is 25.4 Å². The molecule has 1 aromatic rings. The number of para-hydroxylation sites is 1. The number of carbonyl (C=O) groups excluding carboxylic acids is 3. The van der Waals surface area contributed by atoms with Gasteiger partial charge in [-0.25, -0.2) is 9.59 Å². The summed E-state index contributed by atoms with van der Waals surface area (Å²) >= 11 is 0. The highest BCUT2D eigenvalue weighted by Gasteiger charge is 2.38. The van der Waals surface area contributed by atoms with Gasteiger partial charge in [0.15, 0.2) is 0 Å². The summed E-state index contributed by atoms with van der Waals surface area (Å²) in [6, 6.07) is 4.50. The molecule has 0 spiro atoms. The van der Waals surface area contributed by atoms with Crippen LogP contribution in [0.5, 0.6) is 5.75 Å². The van der Waals surface area contributed by atoms with Gasteiger partial charge in [-0.05, 0) is 38.3 Å². The van der Waals surface area contributed by atoms with Gasteiger partial charge in [0.25, 0.3) is 0 Å². The van der Waals surface area contributed by atoms with Gasteiger partial charge in [-0.1, -0.05) is 12.1 Å². The van der Waals surface area contributed by atoms with E-state index in [0.717, 1.165) is 0 Å². The molecule has 0 fully saturated rings. The maximum absolute atomic E-state index is 12.5. The first-order valence-electron chi connectivity index (χ1n) is 10.3. The van der Waals surface area contributed by atoms with Crippen molar-refractivity contribution in [1.29, 1.82) is 0 Å². The van der Waals surface area contributed by atoms with E-state index in [1.54, 1.807) is 19.9 Å². The van der Waals surface area contributed by atoms with Crippen LogP contribution >= 0.6 is 0 Å². The number of rotatable bonds is 8. The Morgan fingerprint density at radius 3 is 2.55 bits per heavy atom. The third kappa shape index (κ3) is 8.48. The van der Waals surface area contributed by atoms with Crippen molar-refractivity contribution in [3.63, 3.8) is 0 Å². The lowest BCUT2D eigenvalue weighted by Crippen LogP contribution is -2.53. The molecule has 2 N–H and O–H groups in total. The third-order valence-corrected chi connectivity index (χ3v) is 4.42. The monoisotopic (exact) mass is 475 g/mol. The maximum Gasteiger partial charge on any atom is 0.547 e. The topological polar surface area (TPSA) is 120 Å². The normalized spacial score (nSPS) is 16.4. The number of alkyl halides is 3. The number of ether oxygens (including phenoxy) is 3. The Labute approximate surface area is 188 Å². The standard InChI is InChI=1S/C20H25BF3NO8/c1-11(2)30-19(28)32-12(3)31-18(27)14-7-4-6-13-10-15(21(29)33-17(13)14)25-16(26)8-5-9-20(22,23)24/h4,6-7,11-12,15,29H,5,8-10H2,1-3H3,(H,25,26). The van der Waals surface area contributed by atoms with Gasteiger partial charge in [-0.15, -0.1) is 0 Å². The molecule has 13 heteroatoms. The lowest BCUT2D eigenvalue weighted by molar-refractivity contribution is -0.137. The van der Waals surface area contributed by atoms with Gasteiger partial charge in [0, 0.05) is 19.8 Å². The molecule has 1 aliphatic rings. The number of esters is 1. The summed E-state index contributed by atoms with van der Waals surface area (Å²) < 4.78 is 56.8. The Morgan fingerprint density at radius 1 is 1.21 bits per heavy atom. The van der Waals surface area contributed by atoms with Crippen LogP contribution in [-0.2, 0) is 25.4 Å². The lowest BCUT2D eigenvalue weighted by Gasteiger charge is -2.29. The molecule has 2 rings (SSSR count). The number of nitrogens with one attached hydrogen (secondary N) is 1. The Bertz CT molecular complexity index is 864. The quantitative estimate of drug-likeness (QED) is 0.335. The second-order valence-corrected chi connectivity index (χ2v) is 7.66. The van der Waals surface area contributed by atoms with Gasteiger partial charge in [0.05, 0.1) is 12.0 Å². The molecule has 1 aromatic carbocycles. The first-order chi connectivity index (χ1) is 15.4. The zero-order chi connectivity index (χ0) is 24.8. The SMILES string of the molecule is CC(C)OC(=O)OC(C)OC(=O)c1cccc2c1OB(O)C(NC(=O)CCCC(F)(F)F)C2. The Kier molecular flexibility index (Phi) is 8.97. The largest absolute Gasteiger partial charge is 0.547 e. The summed E-state index contributed by atoms with van der Waals surface area (Å²) in [6.45, 7) is 4.55. The van der Waals surface area contributed by atoms with Crippen LogP contribution in [-0.4, -0.2) is 54.7 Å². The fraction of sp³-hybridized carbons (Fsp3) is 0.550. The van der Waals surface area contributed by atoms with E-state index in [-0.39, 0.29) is 30.6 Å². The number of carbonyl (C=O) groups is 3. The highest BCUT2D eigenvalue weighted by Crippen LogP contribution is 2.31. The summed E-state index contributed by atoms with van der Waals surface area (Å²) in [4.78, 5) is 36.0. The molecule has 9 nitrogen and oxygen atoms in total. The van der Waals surface area contributed by atoms with Crippen LogP contribution in [0, 0.1) is 0 Å². The van der Waals surface area contributed by atoms with Gasteiger partial charge in [0.2, 0.25) is 12.2 Å². The van der Waals surface area contributed by atoms with Crippen molar-refractivity contribution < 1.29 is 51.4 Å². The number of amides is 1. The predicted octanol–water partition coefficient (Wildman–Crippen LogP) is 2.92.